The second kappa shape index (κ2) is 5.09. The first-order valence-corrected chi connectivity index (χ1v) is 7.96. The van der Waals surface area contributed by atoms with Crippen LogP contribution in [0.3, 0.4) is 0 Å². The van der Waals surface area contributed by atoms with E-state index in [0.29, 0.717) is 12.3 Å². The SMILES string of the molecule is COc1cccc2sc(N3CC(CBr)CC3=O)nc12. The minimum atomic E-state index is 0.155. The second-order valence-corrected chi connectivity index (χ2v) is 6.19. The van der Waals surface area contributed by atoms with Crippen LogP contribution < -0.4 is 9.64 Å². The highest BCUT2D eigenvalue weighted by molar-refractivity contribution is 9.09. The van der Waals surface area contributed by atoms with Crippen molar-refractivity contribution in [3.8, 4) is 5.75 Å². The Morgan fingerprint density at radius 2 is 2.42 bits per heavy atom. The number of rotatable bonds is 3. The van der Waals surface area contributed by atoms with Gasteiger partial charge in [0.25, 0.3) is 0 Å². The van der Waals surface area contributed by atoms with Crippen LogP contribution in [-0.2, 0) is 4.79 Å². The third-order valence-corrected chi connectivity index (χ3v) is 5.20. The molecule has 1 aliphatic rings. The molecule has 100 valence electrons. The fraction of sp³-hybridized carbons (Fsp3) is 0.385. The molecule has 0 bridgehead atoms. The van der Waals surface area contributed by atoms with Gasteiger partial charge >= 0.3 is 0 Å². The molecule has 1 aromatic carbocycles. The maximum absolute atomic E-state index is 12.0. The van der Waals surface area contributed by atoms with Gasteiger partial charge in [-0.25, -0.2) is 4.98 Å². The van der Waals surface area contributed by atoms with Crippen molar-refractivity contribution in [1.29, 1.82) is 0 Å². The van der Waals surface area contributed by atoms with Gasteiger partial charge in [-0.05, 0) is 18.1 Å². The van der Waals surface area contributed by atoms with Gasteiger partial charge in [0, 0.05) is 18.3 Å². The molecule has 6 heteroatoms. The zero-order chi connectivity index (χ0) is 13.4. The molecule has 2 heterocycles. The number of carbonyl (C=O) groups excluding carboxylic acids is 1. The molecule has 0 radical (unpaired) electrons. The van der Waals surface area contributed by atoms with Gasteiger partial charge in [-0.3, -0.25) is 9.69 Å². The minimum Gasteiger partial charge on any atom is -0.494 e. The van der Waals surface area contributed by atoms with Gasteiger partial charge in [-0.2, -0.15) is 0 Å². The van der Waals surface area contributed by atoms with Crippen molar-refractivity contribution < 1.29 is 9.53 Å². The molecule has 1 saturated heterocycles. The lowest BCUT2D eigenvalue weighted by Gasteiger charge is -2.11. The van der Waals surface area contributed by atoms with Crippen molar-refractivity contribution >= 4 is 48.5 Å². The highest BCUT2D eigenvalue weighted by Gasteiger charge is 2.31. The zero-order valence-electron chi connectivity index (χ0n) is 10.4. The Bertz CT molecular complexity index is 628. The number of anilines is 1. The summed E-state index contributed by atoms with van der Waals surface area (Å²) in [6.45, 7) is 0.742. The maximum Gasteiger partial charge on any atom is 0.229 e. The number of carbonyl (C=O) groups is 1. The molecule has 0 N–H and O–H groups in total. The summed E-state index contributed by atoms with van der Waals surface area (Å²) in [4.78, 5) is 18.4. The van der Waals surface area contributed by atoms with Crippen LogP contribution >= 0.6 is 27.3 Å². The molecule has 1 amide bonds. The Hall–Kier alpha value is -1.14. The minimum absolute atomic E-state index is 0.155. The van der Waals surface area contributed by atoms with Crippen molar-refractivity contribution in [2.75, 3.05) is 23.9 Å². The van der Waals surface area contributed by atoms with Crippen molar-refractivity contribution in [2.45, 2.75) is 6.42 Å². The number of alkyl halides is 1. The molecule has 3 rings (SSSR count). The van der Waals surface area contributed by atoms with E-state index >= 15 is 0 Å². The smallest absolute Gasteiger partial charge is 0.229 e. The molecular formula is C13H13BrN2O2S. The van der Waals surface area contributed by atoms with E-state index in [1.54, 1.807) is 12.0 Å². The summed E-state index contributed by atoms with van der Waals surface area (Å²) in [5.41, 5.74) is 0.833. The standard InChI is InChI=1S/C13H13BrN2O2S/c1-18-9-3-2-4-10-12(9)15-13(19-10)16-7-8(6-14)5-11(16)17/h2-4,8H,5-7H2,1H3. The largest absolute Gasteiger partial charge is 0.494 e. The molecule has 0 aliphatic carbocycles. The first-order valence-electron chi connectivity index (χ1n) is 6.02. The number of aromatic nitrogens is 1. The van der Waals surface area contributed by atoms with Gasteiger partial charge in [0.05, 0.1) is 11.8 Å². The first-order chi connectivity index (χ1) is 9.22. The molecule has 0 spiro atoms. The number of methoxy groups -OCH3 is 1. The fourth-order valence-corrected chi connectivity index (χ4v) is 3.70. The highest BCUT2D eigenvalue weighted by Crippen LogP contribution is 2.36. The number of hydrogen-bond donors (Lipinski definition) is 0. The molecule has 2 aromatic rings. The summed E-state index contributed by atoms with van der Waals surface area (Å²) in [6, 6.07) is 5.83. The molecule has 1 aromatic heterocycles. The molecule has 4 nitrogen and oxygen atoms in total. The molecule has 0 saturated carbocycles. The lowest BCUT2D eigenvalue weighted by molar-refractivity contribution is -0.117. The lowest BCUT2D eigenvalue weighted by Crippen LogP contribution is -2.24. The third-order valence-electron chi connectivity index (χ3n) is 3.24. The zero-order valence-corrected chi connectivity index (χ0v) is 12.8. The van der Waals surface area contributed by atoms with Crippen LogP contribution in [0.2, 0.25) is 0 Å². The van der Waals surface area contributed by atoms with E-state index in [1.807, 2.05) is 18.2 Å². The lowest BCUT2D eigenvalue weighted by atomic mass is 10.2. The van der Waals surface area contributed by atoms with Crippen molar-refractivity contribution in [3.05, 3.63) is 18.2 Å². The quantitative estimate of drug-likeness (QED) is 0.806. The molecular weight excluding hydrogens is 328 g/mol. The van der Waals surface area contributed by atoms with Gasteiger partial charge in [0.2, 0.25) is 5.91 Å². The Balaban J connectivity index is 2.00. The predicted molar refractivity (Wildman–Crippen MR) is 80.4 cm³/mol. The summed E-state index contributed by atoms with van der Waals surface area (Å²) in [5.74, 6) is 1.28. The number of benzene rings is 1. The number of fused-ring (bicyclic) bond motifs is 1. The fourth-order valence-electron chi connectivity index (χ4n) is 2.26. The average Bonchev–Trinajstić information content (AvgIpc) is 3.00. The van der Waals surface area contributed by atoms with Gasteiger partial charge in [-0.15, -0.1) is 0 Å². The first kappa shape index (κ1) is 12.9. The van der Waals surface area contributed by atoms with Gasteiger partial charge < -0.3 is 4.74 Å². The van der Waals surface area contributed by atoms with Crippen LogP contribution in [0.1, 0.15) is 6.42 Å². The van der Waals surface area contributed by atoms with Crippen LogP contribution in [0.5, 0.6) is 5.75 Å². The maximum atomic E-state index is 12.0. The number of nitrogens with zero attached hydrogens (tertiary/aromatic N) is 2. The number of hydrogen-bond acceptors (Lipinski definition) is 4. The monoisotopic (exact) mass is 340 g/mol. The van der Waals surface area contributed by atoms with Crippen LogP contribution in [-0.4, -0.2) is 29.9 Å². The molecule has 1 unspecified atom stereocenters. The normalized spacial score (nSPS) is 19.4. The van der Waals surface area contributed by atoms with Crippen molar-refractivity contribution in [3.63, 3.8) is 0 Å². The van der Waals surface area contributed by atoms with E-state index in [-0.39, 0.29) is 5.91 Å². The van der Waals surface area contributed by atoms with Crippen LogP contribution in [0, 0.1) is 5.92 Å². The summed E-state index contributed by atoms with van der Waals surface area (Å²) >= 11 is 4.98. The molecule has 19 heavy (non-hydrogen) atoms. The molecule has 1 atom stereocenters. The Kier molecular flexibility index (Phi) is 3.45. The summed E-state index contributed by atoms with van der Waals surface area (Å²) in [7, 11) is 1.63. The molecule has 1 fully saturated rings. The van der Waals surface area contributed by atoms with E-state index in [0.717, 1.165) is 33.0 Å². The number of para-hydroxylation sites is 1. The number of thiazole rings is 1. The number of amides is 1. The van der Waals surface area contributed by atoms with Crippen LogP contribution in [0.4, 0.5) is 5.13 Å². The second-order valence-electron chi connectivity index (χ2n) is 4.53. The van der Waals surface area contributed by atoms with E-state index < -0.39 is 0 Å². The highest BCUT2D eigenvalue weighted by atomic mass is 79.9. The topological polar surface area (TPSA) is 42.4 Å². The van der Waals surface area contributed by atoms with Crippen molar-refractivity contribution in [2.24, 2.45) is 5.92 Å². The predicted octanol–water partition coefficient (Wildman–Crippen LogP) is 3.05. The van der Waals surface area contributed by atoms with E-state index in [2.05, 4.69) is 20.9 Å². The van der Waals surface area contributed by atoms with Crippen molar-refractivity contribution in [1.82, 2.24) is 4.98 Å². The van der Waals surface area contributed by atoms with Gasteiger partial charge in [0.1, 0.15) is 11.3 Å². The van der Waals surface area contributed by atoms with Gasteiger partial charge in [-0.1, -0.05) is 33.3 Å². The summed E-state index contributed by atoms with van der Waals surface area (Å²) in [6.07, 6.45) is 0.596. The van der Waals surface area contributed by atoms with E-state index in [9.17, 15) is 4.79 Å². The van der Waals surface area contributed by atoms with E-state index in [4.69, 9.17) is 4.74 Å². The number of ether oxygens (including phenoxy) is 1. The average molecular weight is 341 g/mol. The summed E-state index contributed by atoms with van der Waals surface area (Å²) in [5, 5.41) is 1.62. The Morgan fingerprint density at radius 1 is 1.58 bits per heavy atom. The Labute approximate surface area is 123 Å². The third kappa shape index (κ3) is 2.23. The summed E-state index contributed by atoms with van der Waals surface area (Å²) < 4.78 is 6.35. The number of halogens is 1. The van der Waals surface area contributed by atoms with Crippen LogP contribution in [0.25, 0.3) is 10.2 Å². The molecule has 1 aliphatic heterocycles. The van der Waals surface area contributed by atoms with Gasteiger partial charge in [0.15, 0.2) is 5.13 Å². The Morgan fingerprint density at radius 3 is 3.11 bits per heavy atom. The van der Waals surface area contributed by atoms with Crippen LogP contribution in [0.15, 0.2) is 18.2 Å². The van der Waals surface area contributed by atoms with E-state index in [1.165, 1.54) is 11.3 Å².